The van der Waals surface area contributed by atoms with E-state index in [2.05, 4.69) is 20.2 Å². The number of fused-ring (bicyclic) bond motifs is 1. The van der Waals surface area contributed by atoms with Gasteiger partial charge in [-0.15, -0.1) is 0 Å². The Morgan fingerprint density at radius 1 is 1.06 bits per heavy atom. The van der Waals surface area contributed by atoms with E-state index in [-0.39, 0.29) is 5.56 Å². The lowest BCUT2D eigenvalue weighted by Gasteiger charge is -1.81. The normalized spacial score (nSPS) is 9.50. The molecule has 0 bridgehead atoms. The third-order valence-corrected chi connectivity index (χ3v) is 1.91. The van der Waals surface area contributed by atoms with E-state index in [0.29, 0.717) is 0 Å². The summed E-state index contributed by atoms with van der Waals surface area (Å²) in [4.78, 5) is 17.2. The van der Waals surface area contributed by atoms with E-state index in [9.17, 15) is 4.79 Å². The minimum Gasteiger partial charge on any atom is -0.345 e. The first kappa shape index (κ1) is 10.1. The molecule has 3 aromatic rings. The molecule has 0 aliphatic heterocycles. The first-order valence-corrected chi connectivity index (χ1v) is 4.74. The van der Waals surface area contributed by atoms with Crippen LogP contribution < -0.4 is 5.56 Å². The van der Waals surface area contributed by atoms with E-state index in [4.69, 9.17) is 0 Å². The Bertz CT molecular complexity index is 566. The average Bonchev–Trinajstić information content (AvgIpc) is 2.79. The van der Waals surface area contributed by atoms with Crippen molar-refractivity contribution in [2.45, 2.75) is 0 Å². The minimum atomic E-state index is -0.164. The lowest BCUT2D eigenvalue weighted by molar-refractivity contribution is 0.988. The summed E-state index contributed by atoms with van der Waals surface area (Å²) in [7, 11) is 0. The molecule has 0 amide bonds. The summed E-state index contributed by atoms with van der Waals surface area (Å²) >= 11 is 0. The van der Waals surface area contributed by atoms with Gasteiger partial charge in [0.2, 0.25) is 0 Å². The molecule has 0 aliphatic rings. The molecule has 0 fully saturated rings. The Morgan fingerprint density at radius 3 is 2.56 bits per heavy atom. The van der Waals surface area contributed by atoms with Gasteiger partial charge < -0.3 is 4.98 Å². The van der Waals surface area contributed by atoms with Crippen molar-refractivity contribution in [1.29, 1.82) is 0 Å². The van der Waals surface area contributed by atoms with Crippen LogP contribution in [0.1, 0.15) is 0 Å². The first-order chi connectivity index (χ1) is 7.86. The maximum Gasteiger partial charge on any atom is 0.264 e. The number of H-pyrrole nitrogens is 2. The smallest absolute Gasteiger partial charge is 0.264 e. The Balaban J connectivity index is 0.000000125. The van der Waals surface area contributed by atoms with Crippen LogP contribution in [-0.4, -0.2) is 20.2 Å². The van der Waals surface area contributed by atoms with Gasteiger partial charge in [-0.25, -0.2) is 10.1 Å². The zero-order valence-corrected chi connectivity index (χ0v) is 8.42. The van der Waals surface area contributed by atoms with Crippen LogP contribution in [0.25, 0.3) is 11.0 Å². The first-order valence-electron chi connectivity index (χ1n) is 4.74. The molecule has 2 N–H and O–H groups in total. The van der Waals surface area contributed by atoms with Gasteiger partial charge in [-0.1, -0.05) is 12.1 Å². The van der Waals surface area contributed by atoms with Crippen molar-refractivity contribution in [2.24, 2.45) is 0 Å². The number of hydrogen-bond acceptors (Lipinski definition) is 3. The van der Waals surface area contributed by atoms with Gasteiger partial charge in [-0.05, 0) is 18.2 Å². The highest BCUT2D eigenvalue weighted by molar-refractivity contribution is 5.73. The molecule has 3 rings (SSSR count). The second-order valence-electron chi connectivity index (χ2n) is 3.03. The molecule has 16 heavy (non-hydrogen) atoms. The third kappa shape index (κ3) is 2.54. The monoisotopic (exact) mass is 214 g/mol. The van der Waals surface area contributed by atoms with Gasteiger partial charge in [-0.2, -0.15) is 5.10 Å². The molecular formula is C11H10N4O. The van der Waals surface area contributed by atoms with Crippen LogP contribution in [0.15, 0.2) is 53.7 Å². The van der Waals surface area contributed by atoms with Crippen molar-refractivity contribution >= 4 is 11.0 Å². The van der Waals surface area contributed by atoms with Crippen LogP contribution in [0.3, 0.4) is 0 Å². The SMILES string of the molecule is O=c1cccn[nH]1.c1ccc2[nH]cnc2c1. The third-order valence-electron chi connectivity index (χ3n) is 1.91. The van der Waals surface area contributed by atoms with Gasteiger partial charge >= 0.3 is 0 Å². The van der Waals surface area contributed by atoms with Crippen molar-refractivity contribution in [2.75, 3.05) is 0 Å². The molecule has 0 spiro atoms. The summed E-state index contributed by atoms with van der Waals surface area (Å²) in [6.07, 6.45) is 3.21. The van der Waals surface area contributed by atoms with Crippen LogP contribution >= 0.6 is 0 Å². The molecule has 0 radical (unpaired) electrons. The number of aromatic amines is 2. The molecule has 2 heterocycles. The number of para-hydroxylation sites is 2. The predicted octanol–water partition coefficient (Wildman–Crippen LogP) is 1.33. The van der Waals surface area contributed by atoms with Gasteiger partial charge in [0.05, 0.1) is 17.4 Å². The maximum atomic E-state index is 10.2. The summed E-state index contributed by atoms with van der Waals surface area (Å²) in [5.41, 5.74) is 1.96. The highest BCUT2D eigenvalue weighted by atomic mass is 16.1. The van der Waals surface area contributed by atoms with Crippen LogP contribution in [0.2, 0.25) is 0 Å². The van der Waals surface area contributed by atoms with E-state index in [1.807, 2.05) is 24.3 Å². The summed E-state index contributed by atoms with van der Waals surface area (Å²) in [5.74, 6) is 0. The van der Waals surface area contributed by atoms with Crippen LogP contribution in [-0.2, 0) is 0 Å². The number of benzene rings is 1. The van der Waals surface area contributed by atoms with Gasteiger partial charge in [0.1, 0.15) is 0 Å². The summed E-state index contributed by atoms with van der Waals surface area (Å²) in [5, 5.41) is 5.67. The highest BCUT2D eigenvalue weighted by Crippen LogP contribution is 2.05. The van der Waals surface area contributed by atoms with Gasteiger partial charge in [0.15, 0.2) is 0 Å². The Morgan fingerprint density at radius 2 is 1.94 bits per heavy atom. The fourth-order valence-corrected chi connectivity index (χ4v) is 1.19. The largest absolute Gasteiger partial charge is 0.345 e. The number of nitrogens with zero attached hydrogens (tertiary/aromatic N) is 2. The molecule has 80 valence electrons. The molecule has 0 aliphatic carbocycles. The summed E-state index contributed by atoms with van der Waals surface area (Å²) in [6.45, 7) is 0. The predicted molar refractivity (Wildman–Crippen MR) is 61.0 cm³/mol. The number of nitrogens with one attached hydrogen (secondary N) is 2. The fourth-order valence-electron chi connectivity index (χ4n) is 1.19. The zero-order chi connectivity index (χ0) is 11.2. The van der Waals surface area contributed by atoms with Crippen molar-refractivity contribution in [3.8, 4) is 0 Å². The molecule has 5 heteroatoms. The highest BCUT2D eigenvalue weighted by Gasteiger charge is 1.88. The quantitative estimate of drug-likeness (QED) is 0.593. The van der Waals surface area contributed by atoms with Crippen LogP contribution in [0.4, 0.5) is 0 Å². The van der Waals surface area contributed by atoms with E-state index in [0.717, 1.165) is 11.0 Å². The number of aromatic nitrogens is 4. The zero-order valence-electron chi connectivity index (χ0n) is 8.42. The number of rotatable bonds is 0. The topological polar surface area (TPSA) is 74.4 Å². The van der Waals surface area contributed by atoms with E-state index < -0.39 is 0 Å². The Hall–Kier alpha value is -2.43. The van der Waals surface area contributed by atoms with Crippen LogP contribution in [0.5, 0.6) is 0 Å². The molecule has 2 aromatic heterocycles. The molecule has 5 nitrogen and oxygen atoms in total. The number of imidazole rings is 1. The molecular weight excluding hydrogens is 204 g/mol. The van der Waals surface area contributed by atoms with Crippen molar-refractivity contribution in [3.63, 3.8) is 0 Å². The molecule has 0 unspecified atom stereocenters. The van der Waals surface area contributed by atoms with Crippen molar-refractivity contribution < 1.29 is 0 Å². The molecule has 0 atom stereocenters. The van der Waals surface area contributed by atoms with Crippen molar-refractivity contribution in [3.05, 3.63) is 59.3 Å². The molecule has 1 aromatic carbocycles. The van der Waals surface area contributed by atoms with E-state index >= 15 is 0 Å². The Labute approximate surface area is 91.2 Å². The van der Waals surface area contributed by atoms with Gasteiger partial charge in [0.25, 0.3) is 5.56 Å². The fraction of sp³-hybridized carbons (Fsp3) is 0. The lowest BCUT2D eigenvalue weighted by atomic mass is 10.3. The molecule has 0 saturated carbocycles. The second kappa shape index (κ2) is 4.88. The van der Waals surface area contributed by atoms with Gasteiger partial charge in [-0.3, -0.25) is 4.79 Å². The minimum absolute atomic E-state index is 0.164. The maximum absolute atomic E-state index is 10.2. The van der Waals surface area contributed by atoms with Crippen molar-refractivity contribution in [1.82, 2.24) is 20.2 Å². The van der Waals surface area contributed by atoms with E-state index in [1.165, 1.54) is 12.3 Å². The standard InChI is InChI=1S/C7H6N2.C4H4N2O/c1-2-4-7-6(3-1)8-5-9-7;7-4-2-1-3-5-6-4/h1-5H,(H,8,9);1-3H,(H,6,7). The average molecular weight is 214 g/mol. The summed E-state index contributed by atoms with van der Waals surface area (Å²) < 4.78 is 0. The van der Waals surface area contributed by atoms with Gasteiger partial charge in [0, 0.05) is 12.3 Å². The lowest BCUT2D eigenvalue weighted by Crippen LogP contribution is -2.02. The Kier molecular flexibility index (Phi) is 3.08. The second-order valence-corrected chi connectivity index (χ2v) is 3.03. The number of hydrogen-bond donors (Lipinski definition) is 2. The summed E-state index contributed by atoms with van der Waals surface area (Å²) in [6, 6.07) is 10.9. The van der Waals surface area contributed by atoms with E-state index in [1.54, 1.807) is 12.4 Å². The van der Waals surface area contributed by atoms with Crippen LogP contribution in [0, 0.1) is 0 Å². The molecule has 0 saturated heterocycles.